The van der Waals surface area contributed by atoms with Crippen LogP contribution in [0.4, 0.5) is 5.82 Å². The second-order valence-corrected chi connectivity index (χ2v) is 6.30. The predicted octanol–water partition coefficient (Wildman–Crippen LogP) is 2.01. The minimum atomic E-state index is 0.0591. The Bertz CT molecular complexity index is 888. The van der Waals surface area contributed by atoms with Crippen LogP contribution in [0, 0.1) is 6.92 Å². The van der Waals surface area contributed by atoms with Gasteiger partial charge in [-0.3, -0.25) is 9.89 Å². The van der Waals surface area contributed by atoms with Crippen molar-refractivity contribution in [2.45, 2.75) is 13.3 Å². The number of anilines is 1. The Morgan fingerprint density at radius 2 is 2.00 bits per heavy atom. The second kappa shape index (κ2) is 6.51. The van der Waals surface area contributed by atoms with E-state index < -0.39 is 0 Å². The number of aromatic amines is 1. The van der Waals surface area contributed by atoms with Crippen LogP contribution in [-0.4, -0.2) is 57.4 Å². The van der Waals surface area contributed by atoms with E-state index in [-0.39, 0.29) is 5.91 Å². The molecule has 1 saturated heterocycles. The molecule has 1 fully saturated rings. The molecule has 7 nitrogen and oxygen atoms in total. The molecule has 0 aliphatic carbocycles. The van der Waals surface area contributed by atoms with Crippen molar-refractivity contribution in [1.29, 1.82) is 0 Å². The number of fused-ring (bicyclic) bond motifs is 1. The minimum Gasteiger partial charge on any atom is -0.353 e. The summed E-state index contributed by atoms with van der Waals surface area (Å²) in [4.78, 5) is 17.1. The van der Waals surface area contributed by atoms with Crippen molar-refractivity contribution < 1.29 is 4.79 Å². The molecule has 0 spiro atoms. The molecule has 1 aliphatic heterocycles. The maximum Gasteiger partial charge on any atom is 0.254 e. The number of benzene rings is 1. The first-order valence-electron chi connectivity index (χ1n) is 8.49. The van der Waals surface area contributed by atoms with E-state index in [2.05, 4.69) is 25.3 Å². The van der Waals surface area contributed by atoms with E-state index in [4.69, 9.17) is 0 Å². The number of rotatable bonds is 2. The SMILES string of the molecule is Cc1ccc(N2CCCN(C(=O)c3cccc4[nH]ncc34)CC2)nn1. The molecule has 1 amide bonds. The van der Waals surface area contributed by atoms with Gasteiger partial charge in [-0.15, -0.1) is 5.10 Å². The van der Waals surface area contributed by atoms with Crippen LogP contribution >= 0.6 is 0 Å². The van der Waals surface area contributed by atoms with Crippen LogP contribution in [0.15, 0.2) is 36.5 Å². The first kappa shape index (κ1) is 15.6. The molecule has 1 aliphatic rings. The van der Waals surface area contributed by atoms with Gasteiger partial charge in [-0.05, 0) is 37.6 Å². The fourth-order valence-corrected chi connectivity index (χ4v) is 3.24. The van der Waals surface area contributed by atoms with Gasteiger partial charge in [-0.25, -0.2) is 0 Å². The van der Waals surface area contributed by atoms with Crippen LogP contribution < -0.4 is 4.90 Å². The number of carbonyl (C=O) groups excluding carboxylic acids is 1. The molecule has 0 unspecified atom stereocenters. The number of hydrogen-bond donors (Lipinski definition) is 1. The number of aryl methyl sites for hydroxylation is 1. The summed E-state index contributed by atoms with van der Waals surface area (Å²) in [7, 11) is 0. The summed E-state index contributed by atoms with van der Waals surface area (Å²) in [5.74, 6) is 0.931. The summed E-state index contributed by atoms with van der Waals surface area (Å²) in [5, 5.41) is 16.2. The van der Waals surface area contributed by atoms with Gasteiger partial charge in [0.1, 0.15) is 0 Å². The van der Waals surface area contributed by atoms with Crippen molar-refractivity contribution in [2.75, 3.05) is 31.1 Å². The van der Waals surface area contributed by atoms with Gasteiger partial charge in [0.25, 0.3) is 5.91 Å². The summed E-state index contributed by atoms with van der Waals surface area (Å²) < 4.78 is 0. The molecular formula is C18H20N6O. The predicted molar refractivity (Wildman–Crippen MR) is 95.6 cm³/mol. The summed E-state index contributed by atoms with van der Waals surface area (Å²) in [6, 6.07) is 9.65. The van der Waals surface area contributed by atoms with E-state index >= 15 is 0 Å². The van der Waals surface area contributed by atoms with E-state index in [0.717, 1.165) is 48.5 Å². The Hall–Kier alpha value is -2.96. The number of hydrogen-bond acceptors (Lipinski definition) is 5. The highest BCUT2D eigenvalue weighted by Gasteiger charge is 2.22. The summed E-state index contributed by atoms with van der Waals surface area (Å²) >= 11 is 0. The smallest absolute Gasteiger partial charge is 0.254 e. The lowest BCUT2D eigenvalue weighted by Gasteiger charge is -2.22. The first-order valence-corrected chi connectivity index (χ1v) is 8.49. The average Bonchev–Trinajstić information content (AvgIpc) is 2.98. The normalized spacial score (nSPS) is 15.4. The third kappa shape index (κ3) is 3.05. The van der Waals surface area contributed by atoms with E-state index in [9.17, 15) is 4.79 Å². The van der Waals surface area contributed by atoms with Crippen LogP contribution in [0.3, 0.4) is 0 Å². The van der Waals surface area contributed by atoms with Gasteiger partial charge in [0, 0.05) is 31.6 Å². The van der Waals surface area contributed by atoms with E-state index in [0.29, 0.717) is 12.1 Å². The third-order valence-corrected chi connectivity index (χ3v) is 4.61. The molecule has 2 aromatic heterocycles. The van der Waals surface area contributed by atoms with Gasteiger partial charge in [0.05, 0.1) is 23.0 Å². The van der Waals surface area contributed by atoms with Crippen molar-refractivity contribution in [3.05, 3.63) is 47.8 Å². The molecular weight excluding hydrogens is 316 g/mol. The molecule has 3 aromatic rings. The van der Waals surface area contributed by atoms with Crippen LogP contribution in [-0.2, 0) is 0 Å². The van der Waals surface area contributed by atoms with Crippen LogP contribution in [0.1, 0.15) is 22.5 Å². The highest BCUT2D eigenvalue weighted by molar-refractivity contribution is 6.06. The molecule has 0 bridgehead atoms. The molecule has 4 rings (SSSR count). The Morgan fingerprint density at radius 3 is 2.84 bits per heavy atom. The third-order valence-electron chi connectivity index (χ3n) is 4.61. The average molecular weight is 336 g/mol. The molecule has 7 heteroatoms. The zero-order valence-corrected chi connectivity index (χ0v) is 14.1. The molecule has 0 radical (unpaired) electrons. The monoisotopic (exact) mass is 336 g/mol. The second-order valence-electron chi connectivity index (χ2n) is 6.30. The van der Waals surface area contributed by atoms with E-state index in [1.165, 1.54) is 0 Å². The number of nitrogens with one attached hydrogen (secondary N) is 1. The summed E-state index contributed by atoms with van der Waals surface area (Å²) in [6.45, 7) is 4.96. The van der Waals surface area contributed by atoms with Crippen molar-refractivity contribution in [3.8, 4) is 0 Å². The molecule has 3 heterocycles. The minimum absolute atomic E-state index is 0.0591. The first-order chi connectivity index (χ1) is 12.2. The number of nitrogens with zero attached hydrogens (tertiary/aromatic N) is 5. The fourth-order valence-electron chi connectivity index (χ4n) is 3.24. The van der Waals surface area contributed by atoms with Crippen molar-refractivity contribution in [2.24, 2.45) is 0 Å². The molecule has 0 atom stereocenters. The highest BCUT2D eigenvalue weighted by atomic mass is 16.2. The number of H-pyrrole nitrogens is 1. The zero-order valence-electron chi connectivity index (χ0n) is 14.1. The quantitative estimate of drug-likeness (QED) is 0.774. The van der Waals surface area contributed by atoms with Crippen LogP contribution in [0.2, 0.25) is 0 Å². The van der Waals surface area contributed by atoms with E-state index in [1.54, 1.807) is 6.20 Å². The van der Waals surface area contributed by atoms with Gasteiger partial charge < -0.3 is 9.80 Å². The molecule has 128 valence electrons. The lowest BCUT2D eigenvalue weighted by molar-refractivity contribution is 0.0769. The van der Waals surface area contributed by atoms with Crippen molar-refractivity contribution in [3.63, 3.8) is 0 Å². The molecule has 25 heavy (non-hydrogen) atoms. The summed E-state index contributed by atoms with van der Waals surface area (Å²) in [5.41, 5.74) is 2.50. The fraction of sp³-hybridized carbons (Fsp3) is 0.333. The number of amides is 1. The Morgan fingerprint density at radius 1 is 1.08 bits per heavy atom. The van der Waals surface area contributed by atoms with Crippen molar-refractivity contribution >= 4 is 22.6 Å². The van der Waals surface area contributed by atoms with Gasteiger partial charge in [-0.1, -0.05) is 6.07 Å². The topological polar surface area (TPSA) is 78.0 Å². The van der Waals surface area contributed by atoms with Crippen LogP contribution in [0.25, 0.3) is 10.9 Å². The van der Waals surface area contributed by atoms with Gasteiger partial charge >= 0.3 is 0 Å². The lowest BCUT2D eigenvalue weighted by atomic mass is 10.1. The Kier molecular flexibility index (Phi) is 4.05. The number of aromatic nitrogens is 4. The van der Waals surface area contributed by atoms with E-state index in [1.807, 2.05) is 42.2 Å². The molecule has 1 N–H and O–H groups in total. The van der Waals surface area contributed by atoms with Crippen LogP contribution in [0.5, 0.6) is 0 Å². The zero-order chi connectivity index (χ0) is 17.2. The lowest BCUT2D eigenvalue weighted by Crippen LogP contribution is -2.35. The Balaban J connectivity index is 1.51. The number of carbonyl (C=O) groups is 1. The molecule has 1 aromatic carbocycles. The summed E-state index contributed by atoms with van der Waals surface area (Å²) in [6.07, 6.45) is 2.62. The largest absolute Gasteiger partial charge is 0.353 e. The standard InChI is InChI=1S/C18H20N6O/c1-13-6-7-17(22-20-13)23-8-3-9-24(11-10-23)18(25)14-4-2-5-16-15(14)12-19-21-16/h2,4-7,12H,3,8-11H2,1H3,(H,19,21). The molecule has 0 saturated carbocycles. The highest BCUT2D eigenvalue weighted by Crippen LogP contribution is 2.20. The van der Waals surface area contributed by atoms with Gasteiger partial charge in [0.15, 0.2) is 5.82 Å². The van der Waals surface area contributed by atoms with Gasteiger partial charge in [0.2, 0.25) is 0 Å². The Labute approximate surface area is 145 Å². The maximum atomic E-state index is 13.0. The maximum absolute atomic E-state index is 13.0. The van der Waals surface area contributed by atoms with Gasteiger partial charge in [-0.2, -0.15) is 10.2 Å². The van der Waals surface area contributed by atoms with Crippen molar-refractivity contribution in [1.82, 2.24) is 25.3 Å².